The summed E-state index contributed by atoms with van der Waals surface area (Å²) in [6.07, 6.45) is 1.88. The van der Waals surface area contributed by atoms with Crippen LogP contribution in [0.1, 0.15) is 37.0 Å². The maximum atomic E-state index is 11.1. The predicted octanol–water partition coefficient (Wildman–Crippen LogP) is 3.37. The van der Waals surface area contributed by atoms with E-state index in [1.807, 2.05) is 13.8 Å². The van der Waals surface area contributed by atoms with Crippen LogP contribution >= 0.6 is 11.6 Å². The van der Waals surface area contributed by atoms with Gasteiger partial charge in [0, 0.05) is 5.02 Å². The Morgan fingerprint density at radius 2 is 2.32 bits per heavy atom. The van der Waals surface area contributed by atoms with Gasteiger partial charge in [-0.2, -0.15) is 0 Å². The highest BCUT2D eigenvalue weighted by Gasteiger charge is 2.32. The minimum atomic E-state index is -1.03. The Morgan fingerprint density at radius 1 is 1.58 bits per heavy atom. The van der Waals surface area contributed by atoms with E-state index in [4.69, 9.17) is 26.2 Å². The molecule has 2 rings (SSSR count). The van der Waals surface area contributed by atoms with E-state index in [9.17, 15) is 4.79 Å². The number of carboxylic acid groups (broad SMARTS) is 1. The van der Waals surface area contributed by atoms with Gasteiger partial charge >= 0.3 is 5.97 Å². The van der Waals surface area contributed by atoms with Gasteiger partial charge in [0.2, 0.25) is 0 Å². The fraction of sp³-hybridized carbons (Fsp3) is 0.500. The van der Waals surface area contributed by atoms with E-state index in [2.05, 4.69) is 0 Å². The Morgan fingerprint density at radius 3 is 2.89 bits per heavy atom. The average Bonchev–Trinajstić information content (AvgIpc) is 2.66. The molecule has 0 aliphatic carbocycles. The molecule has 1 fully saturated rings. The lowest BCUT2D eigenvalue weighted by Gasteiger charge is -2.19. The summed E-state index contributed by atoms with van der Waals surface area (Å²) in [6, 6.07) is 4.50. The number of halogens is 1. The van der Waals surface area contributed by atoms with E-state index in [0.717, 1.165) is 12.8 Å². The minimum absolute atomic E-state index is 0.00405. The van der Waals surface area contributed by atoms with Crippen LogP contribution in [0.2, 0.25) is 5.02 Å². The van der Waals surface area contributed by atoms with Crippen molar-refractivity contribution in [3.63, 3.8) is 0 Å². The molecule has 1 unspecified atom stereocenters. The smallest absolute Gasteiger partial charge is 0.339 e. The molecule has 0 amide bonds. The van der Waals surface area contributed by atoms with Crippen LogP contribution in [0, 0.1) is 0 Å². The molecule has 19 heavy (non-hydrogen) atoms. The van der Waals surface area contributed by atoms with Crippen molar-refractivity contribution in [2.45, 2.75) is 38.4 Å². The van der Waals surface area contributed by atoms with E-state index in [1.54, 1.807) is 0 Å². The molecule has 104 valence electrons. The number of carbonyl (C=O) groups is 1. The van der Waals surface area contributed by atoms with Gasteiger partial charge in [-0.15, -0.1) is 0 Å². The van der Waals surface area contributed by atoms with Gasteiger partial charge in [-0.25, -0.2) is 4.79 Å². The van der Waals surface area contributed by atoms with Gasteiger partial charge in [0.1, 0.15) is 17.9 Å². The van der Waals surface area contributed by atoms with Crippen molar-refractivity contribution in [1.29, 1.82) is 0 Å². The molecule has 1 heterocycles. The molecule has 1 saturated heterocycles. The van der Waals surface area contributed by atoms with Crippen molar-refractivity contribution >= 4 is 17.6 Å². The maximum Gasteiger partial charge on any atom is 0.339 e. The molecule has 0 bridgehead atoms. The van der Waals surface area contributed by atoms with Crippen LogP contribution in [0.3, 0.4) is 0 Å². The summed E-state index contributed by atoms with van der Waals surface area (Å²) in [5, 5.41) is 9.53. The van der Waals surface area contributed by atoms with Crippen LogP contribution in [0.5, 0.6) is 5.75 Å². The summed E-state index contributed by atoms with van der Waals surface area (Å²) >= 11 is 5.86. The molecule has 0 spiro atoms. The molecular formula is C14H17ClO4. The van der Waals surface area contributed by atoms with Gasteiger partial charge in [0.05, 0.1) is 11.7 Å². The second-order valence-electron chi connectivity index (χ2n) is 5.29. The predicted molar refractivity (Wildman–Crippen MR) is 72.1 cm³/mol. The highest BCUT2D eigenvalue weighted by molar-refractivity contribution is 6.30. The number of hydrogen-bond acceptors (Lipinski definition) is 3. The number of ether oxygens (including phenoxy) is 2. The standard InChI is InChI=1S/C14H17ClO4/c1-14(2)6-5-10(19-14)8-18-12-7-9(15)3-4-11(12)13(16)17/h3-4,7,10H,5-6,8H2,1-2H3,(H,16,17). The monoisotopic (exact) mass is 284 g/mol. The van der Waals surface area contributed by atoms with Crippen LogP contribution < -0.4 is 4.74 Å². The first-order valence-electron chi connectivity index (χ1n) is 6.21. The Labute approximate surface area is 117 Å². The van der Waals surface area contributed by atoms with Crippen molar-refractivity contribution in [1.82, 2.24) is 0 Å². The number of carboxylic acids is 1. The third-order valence-electron chi connectivity index (χ3n) is 3.15. The molecule has 4 nitrogen and oxygen atoms in total. The fourth-order valence-electron chi connectivity index (χ4n) is 2.17. The van der Waals surface area contributed by atoms with Gasteiger partial charge in [-0.05, 0) is 44.9 Å². The topological polar surface area (TPSA) is 55.8 Å². The summed E-state index contributed by atoms with van der Waals surface area (Å²) in [7, 11) is 0. The highest BCUT2D eigenvalue weighted by atomic mass is 35.5. The second-order valence-corrected chi connectivity index (χ2v) is 5.73. The van der Waals surface area contributed by atoms with Crippen LogP contribution in [-0.4, -0.2) is 29.4 Å². The summed E-state index contributed by atoms with van der Waals surface area (Å²) in [5.41, 5.74) is -0.0144. The number of benzene rings is 1. The van der Waals surface area contributed by atoms with Gasteiger partial charge in [-0.3, -0.25) is 0 Å². The lowest BCUT2D eigenvalue weighted by molar-refractivity contribution is -0.0328. The first-order chi connectivity index (χ1) is 8.87. The molecule has 1 aromatic carbocycles. The van der Waals surface area contributed by atoms with Gasteiger partial charge in [-0.1, -0.05) is 11.6 Å². The van der Waals surface area contributed by atoms with Gasteiger partial charge < -0.3 is 14.6 Å². The Kier molecular flexibility index (Phi) is 4.02. The largest absolute Gasteiger partial charge is 0.490 e. The first kappa shape index (κ1) is 14.2. The molecule has 1 atom stereocenters. The van der Waals surface area contributed by atoms with Crippen molar-refractivity contribution in [2.75, 3.05) is 6.61 Å². The van der Waals surface area contributed by atoms with Crippen LogP contribution in [0.4, 0.5) is 0 Å². The molecule has 5 heteroatoms. The van der Waals surface area contributed by atoms with E-state index in [-0.39, 0.29) is 23.0 Å². The highest BCUT2D eigenvalue weighted by Crippen LogP contribution is 2.30. The lowest BCUT2D eigenvalue weighted by atomic mass is 10.1. The molecular weight excluding hydrogens is 268 g/mol. The van der Waals surface area contributed by atoms with Gasteiger partial charge in [0.25, 0.3) is 0 Å². The normalized spacial score (nSPS) is 21.3. The summed E-state index contributed by atoms with van der Waals surface area (Å²) < 4.78 is 11.4. The average molecular weight is 285 g/mol. The summed E-state index contributed by atoms with van der Waals surface area (Å²) in [6.45, 7) is 4.41. The zero-order valence-electron chi connectivity index (χ0n) is 11.0. The van der Waals surface area contributed by atoms with Crippen molar-refractivity contribution < 1.29 is 19.4 Å². The molecule has 0 radical (unpaired) electrons. The number of aromatic carboxylic acids is 1. The molecule has 0 saturated carbocycles. The zero-order valence-corrected chi connectivity index (χ0v) is 11.7. The number of rotatable bonds is 4. The lowest BCUT2D eigenvalue weighted by Crippen LogP contribution is -2.24. The number of hydrogen-bond donors (Lipinski definition) is 1. The fourth-order valence-corrected chi connectivity index (χ4v) is 2.33. The van der Waals surface area contributed by atoms with Crippen molar-refractivity contribution in [3.8, 4) is 5.75 Å². The Bertz CT molecular complexity index is 484. The van der Waals surface area contributed by atoms with E-state index < -0.39 is 5.97 Å². The van der Waals surface area contributed by atoms with Crippen LogP contribution in [0.15, 0.2) is 18.2 Å². The quantitative estimate of drug-likeness (QED) is 0.921. The van der Waals surface area contributed by atoms with Crippen LogP contribution in [-0.2, 0) is 4.74 Å². The van der Waals surface area contributed by atoms with E-state index in [1.165, 1.54) is 18.2 Å². The second kappa shape index (κ2) is 5.39. The van der Waals surface area contributed by atoms with Crippen molar-refractivity contribution in [3.05, 3.63) is 28.8 Å². The SMILES string of the molecule is CC1(C)CCC(COc2cc(Cl)ccc2C(=O)O)O1. The first-order valence-corrected chi connectivity index (χ1v) is 6.59. The van der Waals surface area contributed by atoms with Crippen molar-refractivity contribution in [2.24, 2.45) is 0 Å². The molecule has 0 aromatic heterocycles. The summed E-state index contributed by atoms with van der Waals surface area (Å²) in [4.78, 5) is 11.1. The minimum Gasteiger partial charge on any atom is -0.490 e. The van der Waals surface area contributed by atoms with E-state index in [0.29, 0.717) is 11.6 Å². The zero-order chi connectivity index (χ0) is 14.0. The molecule has 1 aliphatic heterocycles. The van der Waals surface area contributed by atoms with E-state index >= 15 is 0 Å². The maximum absolute atomic E-state index is 11.1. The molecule has 1 N–H and O–H groups in total. The molecule has 1 aromatic rings. The third-order valence-corrected chi connectivity index (χ3v) is 3.39. The van der Waals surface area contributed by atoms with Gasteiger partial charge in [0.15, 0.2) is 0 Å². The summed E-state index contributed by atoms with van der Waals surface area (Å²) in [5.74, 6) is -0.743. The Balaban J connectivity index is 2.03. The molecule has 1 aliphatic rings. The third kappa shape index (κ3) is 3.61. The Hall–Kier alpha value is -1.26. The van der Waals surface area contributed by atoms with Crippen LogP contribution in [0.25, 0.3) is 0 Å².